The van der Waals surface area contributed by atoms with Crippen LogP contribution in [0, 0.1) is 0 Å². The number of carbonyl (C=O) groups is 2. The van der Waals surface area contributed by atoms with Gasteiger partial charge in [0.1, 0.15) is 6.10 Å². The Balaban J connectivity index is 2.37. The van der Waals surface area contributed by atoms with Gasteiger partial charge in [-0.1, -0.05) is 19.3 Å². The van der Waals surface area contributed by atoms with Crippen molar-refractivity contribution in [2.75, 3.05) is 0 Å². The first kappa shape index (κ1) is 14.2. The first-order chi connectivity index (χ1) is 8.00. The fourth-order valence-electron chi connectivity index (χ4n) is 2.07. The van der Waals surface area contributed by atoms with Crippen molar-refractivity contribution in [1.29, 1.82) is 0 Å². The summed E-state index contributed by atoms with van der Waals surface area (Å²) in [6.45, 7) is 5.33. The molecule has 1 aliphatic rings. The van der Waals surface area contributed by atoms with Crippen LogP contribution >= 0.6 is 0 Å². The Morgan fingerprint density at radius 1 is 1.12 bits per heavy atom. The van der Waals surface area contributed by atoms with Gasteiger partial charge in [0.25, 0.3) is 5.91 Å². The maximum Gasteiger partial charge on any atom is 0.290 e. The number of hydrogen-bond acceptors (Lipinski definition) is 3. The van der Waals surface area contributed by atoms with E-state index in [2.05, 4.69) is 5.32 Å². The van der Waals surface area contributed by atoms with Gasteiger partial charge in [-0.05, 0) is 33.6 Å². The van der Waals surface area contributed by atoms with E-state index in [0.717, 1.165) is 25.7 Å². The molecule has 17 heavy (non-hydrogen) atoms. The first-order valence-electron chi connectivity index (χ1n) is 6.51. The van der Waals surface area contributed by atoms with Crippen LogP contribution < -0.4 is 5.32 Å². The van der Waals surface area contributed by atoms with E-state index in [1.807, 2.05) is 13.8 Å². The van der Waals surface area contributed by atoms with Gasteiger partial charge in [0.15, 0.2) is 0 Å². The highest BCUT2D eigenvalue weighted by molar-refractivity contribution is 6.37. The van der Waals surface area contributed by atoms with Gasteiger partial charge in [-0.3, -0.25) is 9.59 Å². The average Bonchev–Trinajstić information content (AvgIpc) is 2.28. The Morgan fingerprint density at radius 3 is 2.24 bits per heavy atom. The zero-order valence-electron chi connectivity index (χ0n) is 11.0. The maximum absolute atomic E-state index is 11.7. The summed E-state index contributed by atoms with van der Waals surface area (Å²) in [4.78, 5) is 23.2. The highest BCUT2D eigenvalue weighted by atomic mass is 16.5. The molecule has 0 radical (unpaired) electrons. The summed E-state index contributed by atoms with van der Waals surface area (Å²) in [6.07, 6.45) is 5.09. The Morgan fingerprint density at radius 2 is 1.71 bits per heavy atom. The summed E-state index contributed by atoms with van der Waals surface area (Å²) in [5.41, 5.74) is 0. The Kier molecular flexibility index (Phi) is 5.62. The standard InChI is InChI=1S/C13H23NO3/c1-9(2)14-13(16)12(15)10(3)17-11-7-5-4-6-8-11/h9-11H,4-8H2,1-3H3,(H,14,16). The summed E-state index contributed by atoms with van der Waals surface area (Å²) < 4.78 is 5.65. The first-order valence-corrected chi connectivity index (χ1v) is 6.51. The van der Waals surface area contributed by atoms with Gasteiger partial charge in [0, 0.05) is 6.04 Å². The highest BCUT2D eigenvalue weighted by Gasteiger charge is 2.25. The molecule has 0 aliphatic heterocycles. The number of ether oxygens (including phenoxy) is 1. The largest absolute Gasteiger partial charge is 0.367 e. The molecule has 1 saturated carbocycles. The Bertz CT molecular complexity index is 270. The minimum absolute atomic E-state index is 0.0201. The molecule has 98 valence electrons. The average molecular weight is 241 g/mol. The van der Waals surface area contributed by atoms with Crippen molar-refractivity contribution >= 4 is 11.7 Å². The summed E-state index contributed by atoms with van der Waals surface area (Å²) in [5.74, 6) is -1.01. The van der Waals surface area contributed by atoms with Crippen molar-refractivity contribution in [3.05, 3.63) is 0 Å². The second-order valence-electron chi connectivity index (χ2n) is 5.03. The van der Waals surface area contributed by atoms with Crippen LogP contribution in [0.4, 0.5) is 0 Å². The normalized spacial score (nSPS) is 19.1. The molecule has 0 aromatic heterocycles. The second kappa shape index (κ2) is 6.74. The number of Topliss-reactive ketones (excluding diaryl/α,β-unsaturated/α-hetero) is 1. The number of rotatable bonds is 5. The van der Waals surface area contributed by atoms with Gasteiger partial charge in [0.2, 0.25) is 5.78 Å². The second-order valence-corrected chi connectivity index (χ2v) is 5.03. The molecule has 1 N–H and O–H groups in total. The number of hydrogen-bond donors (Lipinski definition) is 1. The van der Waals surface area contributed by atoms with Crippen LogP contribution in [0.5, 0.6) is 0 Å². The van der Waals surface area contributed by atoms with Crippen LogP contribution in [-0.2, 0) is 14.3 Å². The van der Waals surface area contributed by atoms with E-state index in [1.165, 1.54) is 6.42 Å². The van der Waals surface area contributed by atoms with Gasteiger partial charge in [-0.25, -0.2) is 0 Å². The van der Waals surface area contributed by atoms with E-state index in [0.29, 0.717) is 0 Å². The van der Waals surface area contributed by atoms with Crippen molar-refractivity contribution in [1.82, 2.24) is 5.32 Å². The van der Waals surface area contributed by atoms with Crippen LogP contribution in [0.15, 0.2) is 0 Å². The number of ketones is 1. The third kappa shape index (κ3) is 4.86. The fraction of sp³-hybridized carbons (Fsp3) is 0.846. The maximum atomic E-state index is 11.7. The number of carbonyl (C=O) groups excluding carboxylic acids is 2. The van der Waals surface area contributed by atoms with Crippen molar-refractivity contribution in [2.45, 2.75) is 71.1 Å². The van der Waals surface area contributed by atoms with Gasteiger partial charge >= 0.3 is 0 Å². The van der Waals surface area contributed by atoms with E-state index >= 15 is 0 Å². The number of nitrogens with one attached hydrogen (secondary N) is 1. The third-order valence-electron chi connectivity index (χ3n) is 2.96. The molecule has 1 atom stereocenters. The molecule has 1 aliphatic carbocycles. The quantitative estimate of drug-likeness (QED) is 0.747. The molecule has 0 bridgehead atoms. The lowest BCUT2D eigenvalue weighted by Crippen LogP contribution is -2.42. The lowest BCUT2D eigenvalue weighted by molar-refractivity contribution is -0.147. The predicted octanol–water partition coefficient (Wildman–Crippen LogP) is 1.82. The van der Waals surface area contributed by atoms with Gasteiger partial charge < -0.3 is 10.1 Å². The fourth-order valence-corrected chi connectivity index (χ4v) is 2.07. The Labute approximate surface area is 103 Å². The van der Waals surface area contributed by atoms with E-state index in [4.69, 9.17) is 4.74 Å². The lowest BCUT2D eigenvalue weighted by Gasteiger charge is -2.25. The van der Waals surface area contributed by atoms with Crippen molar-refractivity contribution in [3.8, 4) is 0 Å². The molecular formula is C13H23NO3. The molecule has 0 aromatic rings. The molecule has 0 aromatic carbocycles. The van der Waals surface area contributed by atoms with Crippen LogP contribution in [0.2, 0.25) is 0 Å². The minimum Gasteiger partial charge on any atom is -0.367 e. The summed E-state index contributed by atoms with van der Waals surface area (Å²) in [7, 11) is 0. The topological polar surface area (TPSA) is 55.4 Å². The van der Waals surface area contributed by atoms with E-state index in [-0.39, 0.29) is 12.1 Å². The van der Waals surface area contributed by atoms with Crippen LogP contribution in [0.3, 0.4) is 0 Å². The van der Waals surface area contributed by atoms with Gasteiger partial charge in [-0.2, -0.15) is 0 Å². The Hall–Kier alpha value is -0.900. The van der Waals surface area contributed by atoms with Crippen LogP contribution in [0.25, 0.3) is 0 Å². The summed E-state index contributed by atoms with van der Waals surface area (Å²) >= 11 is 0. The molecule has 4 nitrogen and oxygen atoms in total. The van der Waals surface area contributed by atoms with E-state index < -0.39 is 17.8 Å². The molecule has 0 saturated heterocycles. The molecule has 1 amide bonds. The molecular weight excluding hydrogens is 218 g/mol. The smallest absolute Gasteiger partial charge is 0.290 e. The third-order valence-corrected chi connectivity index (χ3v) is 2.96. The van der Waals surface area contributed by atoms with Gasteiger partial charge in [-0.15, -0.1) is 0 Å². The highest BCUT2D eigenvalue weighted by Crippen LogP contribution is 2.21. The van der Waals surface area contributed by atoms with Crippen LogP contribution in [0.1, 0.15) is 52.9 Å². The SMILES string of the molecule is CC(C)NC(=O)C(=O)C(C)OC1CCCCC1. The van der Waals surface area contributed by atoms with Crippen molar-refractivity contribution in [3.63, 3.8) is 0 Å². The van der Waals surface area contributed by atoms with Crippen LogP contribution in [-0.4, -0.2) is 29.9 Å². The summed E-state index contributed by atoms with van der Waals surface area (Å²) in [6, 6.07) is -0.0201. The monoisotopic (exact) mass is 241 g/mol. The van der Waals surface area contributed by atoms with E-state index in [9.17, 15) is 9.59 Å². The van der Waals surface area contributed by atoms with E-state index in [1.54, 1.807) is 6.92 Å². The summed E-state index contributed by atoms with van der Waals surface area (Å²) in [5, 5.41) is 2.59. The van der Waals surface area contributed by atoms with Crippen molar-refractivity contribution in [2.24, 2.45) is 0 Å². The minimum atomic E-state index is -0.628. The predicted molar refractivity (Wildman–Crippen MR) is 65.7 cm³/mol. The lowest BCUT2D eigenvalue weighted by atomic mass is 9.97. The molecule has 1 rings (SSSR count). The molecule has 1 fully saturated rings. The molecule has 0 spiro atoms. The molecule has 0 heterocycles. The van der Waals surface area contributed by atoms with Gasteiger partial charge in [0.05, 0.1) is 6.10 Å². The molecule has 1 unspecified atom stereocenters. The zero-order chi connectivity index (χ0) is 12.8. The van der Waals surface area contributed by atoms with Crippen molar-refractivity contribution < 1.29 is 14.3 Å². The number of amides is 1. The zero-order valence-corrected chi connectivity index (χ0v) is 11.0. The molecule has 4 heteroatoms.